The van der Waals surface area contributed by atoms with Crippen LogP contribution >= 0.6 is 0 Å². The average molecular weight is 561 g/mol. The normalized spacial score (nSPS) is 31.4. The molecule has 2 N–H and O–H groups in total. The lowest BCUT2D eigenvalue weighted by molar-refractivity contribution is -0.284. The lowest BCUT2D eigenvalue weighted by Gasteiger charge is -2.75. The summed E-state index contributed by atoms with van der Waals surface area (Å²) in [6.45, 7) is 15.1. The van der Waals surface area contributed by atoms with Gasteiger partial charge in [0.05, 0.1) is 24.0 Å². The minimum Gasteiger partial charge on any atom is -0.481 e. The van der Waals surface area contributed by atoms with Crippen LogP contribution in [0.1, 0.15) is 111 Å². The zero-order valence-electron chi connectivity index (χ0n) is 24.9. The molecular formula is C32H48O8. The number of carboxylic acids is 2. The van der Waals surface area contributed by atoms with Gasteiger partial charge in [-0.25, -0.2) is 9.59 Å². The van der Waals surface area contributed by atoms with Crippen LogP contribution in [0.3, 0.4) is 0 Å². The first kappa shape index (κ1) is 31.9. The molecule has 4 saturated carbocycles. The third kappa shape index (κ3) is 5.73. The number of rotatable bonds is 16. The van der Waals surface area contributed by atoms with Gasteiger partial charge in [0.2, 0.25) is 0 Å². The van der Waals surface area contributed by atoms with Crippen molar-refractivity contribution in [3.05, 3.63) is 24.3 Å². The first-order chi connectivity index (χ1) is 18.6. The number of ether oxygens (including phenoxy) is 2. The van der Waals surface area contributed by atoms with Crippen LogP contribution in [0.5, 0.6) is 0 Å². The molecule has 0 aromatic rings. The molecular weight excluding hydrogens is 512 g/mol. The van der Waals surface area contributed by atoms with E-state index >= 15 is 0 Å². The van der Waals surface area contributed by atoms with Crippen LogP contribution in [0.25, 0.3) is 0 Å². The van der Waals surface area contributed by atoms with E-state index < -0.39 is 40.1 Å². The summed E-state index contributed by atoms with van der Waals surface area (Å²) in [7, 11) is 0. The van der Waals surface area contributed by atoms with Crippen molar-refractivity contribution >= 4 is 23.9 Å². The van der Waals surface area contributed by atoms with Crippen molar-refractivity contribution in [1.82, 2.24) is 0 Å². The Morgan fingerprint density at radius 3 is 1.27 bits per heavy atom. The van der Waals surface area contributed by atoms with E-state index in [2.05, 4.69) is 27.0 Å². The topological polar surface area (TPSA) is 127 Å². The zero-order chi connectivity index (χ0) is 30.0. The molecule has 4 bridgehead atoms. The van der Waals surface area contributed by atoms with E-state index in [4.69, 9.17) is 9.47 Å². The third-order valence-corrected chi connectivity index (χ3v) is 10.1. The largest absolute Gasteiger partial charge is 0.481 e. The summed E-state index contributed by atoms with van der Waals surface area (Å²) in [6.07, 6.45) is 7.91. The van der Waals surface area contributed by atoms with Crippen molar-refractivity contribution in [3.8, 4) is 0 Å². The maximum Gasteiger partial charge on any atom is 0.333 e. The molecule has 0 saturated heterocycles. The maximum atomic E-state index is 13.3. The van der Waals surface area contributed by atoms with Gasteiger partial charge in [0.15, 0.2) is 0 Å². The van der Waals surface area contributed by atoms with Crippen molar-refractivity contribution in [1.29, 1.82) is 0 Å². The monoisotopic (exact) mass is 560 g/mol. The van der Waals surface area contributed by atoms with E-state index in [1.54, 1.807) is 13.8 Å². The Hall–Kier alpha value is -2.64. The van der Waals surface area contributed by atoms with Crippen molar-refractivity contribution in [3.63, 3.8) is 0 Å². The Morgan fingerprint density at radius 1 is 0.625 bits per heavy atom. The van der Waals surface area contributed by atoms with Crippen LogP contribution < -0.4 is 0 Å². The molecule has 8 heteroatoms. The van der Waals surface area contributed by atoms with E-state index in [0.29, 0.717) is 88.2 Å². The summed E-state index contributed by atoms with van der Waals surface area (Å²) in [5.41, 5.74) is -3.06. The lowest BCUT2D eigenvalue weighted by atomic mass is 9.26. The fourth-order valence-electron chi connectivity index (χ4n) is 9.36. The molecule has 0 atom stereocenters. The van der Waals surface area contributed by atoms with Gasteiger partial charge in [-0.05, 0) is 82.5 Å². The Labute approximate surface area is 238 Å². The van der Waals surface area contributed by atoms with Crippen molar-refractivity contribution < 1.29 is 38.9 Å². The number of esters is 2. The molecule has 4 aliphatic rings. The summed E-state index contributed by atoms with van der Waals surface area (Å²) in [5.74, 6) is -2.58. The van der Waals surface area contributed by atoms with E-state index in [1.165, 1.54) is 0 Å². The van der Waals surface area contributed by atoms with Crippen LogP contribution in [-0.4, -0.2) is 47.3 Å². The van der Waals surface area contributed by atoms with Gasteiger partial charge in [-0.1, -0.05) is 52.7 Å². The standard InChI is InChI=1S/C32H48O8/c1-22(2)24(33)39-15-11-7-9-13-32(14-10-8-12-16-40-25(34)23(3)4)30(26(35)36)18-28(5)17-29(6,20-30)21-31(32,19-28)27(37)38/h1,3,7-21H2,2,4-6H3,(H,35,36)(H,37,38). The van der Waals surface area contributed by atoms with Gasteiger partial charge < -0.3 is 19.7 Å². The van der Waals surface area contributed by atoms with Crippen LogP contribution in [-0.2, 0) is 28.7 Å². The highest BCUT2D eigenvalue weighted by molar-refractivity contribution is 5.87. The fraction of sp³-hybridized carbons (Fsp3) is 0.750. The van der Waals surface area contributed by atoms with E-state index in [-0.39, 0.29) is 24.0 Å². The SMILES string of the molecule is C=C(C)C(=O)OCCCCCC1(CCCCCOC(=O)C(=C)C)C2(C(=O)O)CC3(C)CC(C)(C2)CC1(C(=O)O)C3. The van der Waals surface area contributed by atoms with Crippen LogP contribution in [0.4, 0.5) is 0 Å². The second kappa shape index (κ2) is 11.7. The number of carbonyl (C=O) groups is 4. The molecule has 4 fully saturated rings. The number of unbranched alkanes of at least 4 members (excludes halogenated alkanes) is 4. The maximum absolute atomic E-state index is 13.3. The molecule has 0 radical (unpaired) electrons. The number of aliphatic carboxylic acids is 2. The molecule has 0 aliphatic heterocycles. The van der Waals surface area contributed by atoms with Gasteiger partial charge in [-0.15, -0.1) is 0 Å². The second-order valence-electron chi connectivity index (χ2n) is 13.8. The molecule has 0 aromatic carbocycles. The number of carboxylic acid groups (broad SMARTS) is 2. The summed E-state index contributed by atoms with van der Waals surface area (Å²) in [5, 5.41) is 21.8. The van der Waals surface area contributed by atoms with Crippen molar-refractivity contribution in [2.24, 2.45) is 27.1 Å². The molecule has 0 aromatic heterocycles. The van der Waals surface area contributed by atoms with Gasteiger partial charge in [0.25, 0.3) is 0 Å². The van der Waals surface area contributed by atoms with Crippen molar-refractivity contribution in [2.45, 2.75) is 111 Å². The molecule has 224 valence electrons. The van der Waals surface area contributed by atoms with Gasteiger partial charge in [0, 0.05) is 16.6 Å². The molecule has 4 rings (SSSR count). The highest BCUT2D eigenvalue weighted by Crippen LogP contribution is 2.82. The smallest absolute Gasteiger partial charge is 0.333 e. The molecule has 0 amide bonds. The zero-order valence-corrected chi connectivity index (χ0v) is 24.9. The van der Waals surface area contributed by atoms with Gasteiger partial charge in [-0.3, -0.25) is 9.59 Å². The number of carbonyl (C=O) groups excluding carboxylic acids is 2. The summed E-state index contributed by atoms with van der Waals surface area (Å²) < 4.78 is 10.4. The van der Waals surface area contributed by atoms with Crippen LogP contribution in [0.15, 0.2) is 24.3 Å². The Balaban J connectivity index is 1.85. The van der Waals surface area contributed by atoms with Gasteiger partial charge in [0.1, 0.15) is 0 Å². The van der Waals surface area contributed by atoms with E-state index in [0.717, 1.165) is 6.42 Å². The number of hydrogen-bond donors (Lipinski definition) is 2. The molecule has 0 heterocycles. The van der Waals surface area contributed by atoms with Crippen LogP contribution in [0.2, 0.25) is 0 Å². The number of hydrogen-bond acceptors (Lipinski definition) is 6. The molecule has 0 unspecified atom stereocenters. The highest BCUT2D eigenvalue weighted by Gasteiger charge is 2.80. The minimum atomic E-state index is -1.11. The highest BCUT2D eigenvalue weighted by atomic mass is 16.5. The average Bonchev–Trinajstić information content (AvgIpc) is 2.83. The molecule has 4 aliphatic carbocycles. The third-order valence-electron chi connectivity index (χ3n) is 10.1. The predicted octanol–water partition coefficient (Wildman–Crippen LogP) is 6.48. The second-order valence-corrected chi connectivity index (χ2v) is 13.8. The first-order valence-corrected chi connectivity index (χ1v) is 14.7. The van der Waals surface area contributed by atoms with Crippen molar-refractivity contribution in [2.75, 3.05) is 13.2 Å². The molecule has 8 nitrogen and oxygen atoms in total. The lowest BCUT2D eigenvalue weighted by Crippen LogP contribution is -2.74. The van der Waals surface area contributed by atoms with Gasteiger partial charge in [-0.2, -0.15) is 0 Å². The van der Waals surface area contributed by atoms with Gasteiger partial charge >= 0.3 is 23.9 Å². The summed E-state index contributed by atoms with van der Waals surface area (Å²) in [4.78, 5) is 50.1. The quantitative estimate of drug-likeness (QED) is 0.125. The van der Waals surface area contributed by atoms with E-state index in [9.17, 15) is 29.4 Å². The Kier molecular flexibility index (Phi) is 9.32. The Morgan fingerprint density at radius 2 is 0.975 bits per heavy atom. The fourth-order valence-corrected chi connectivity index (χ4v) is 9.36. The Bertz CT molecular complexity index is 959. The molecule has 0 spiro atoms. The summed E-state index contributed by atoms with van der Waals surface area (Å²) in [6, 6.07) is 0. The predicted molar refractivity (Wildman–Crippen MR) is 150 cm³/mol. The first-order valence-electron chi connectivity index (χ1n) is 14.7. The summed E-state index contributed by atoms with van der Waals surface area (Å²) >= 11 is 0. The van der Waals surface area contributed by atoms with Crippen LogP contribution in [0, 0.1) is 27.1 Å². The minimum absolute atomic E-state index is 0.256. The van der Waals surface area contributed by atoms with E-state index in [1.807, 2.05) is 0 Å². The molecule has 40 heavy (non-hydrogen) atoms.